The summed E-state index contributed by atoms with van der Waals surface area (Å²) in [6.07, 6.45) is -0.118. The first-order chi connectivity index (χ1) is 10.6. The number of aliphatic hydroxyl groups excluding tert-OH is 1. The fraction of sp³-hybridized carbons (Fsp3) is 0.278. The van der Waals surface area contributed by atoms with Gasteiger partial charge in [0.15, 0.2) is 0 Å². The molecule has 1 amide bonds. The van der Waals surface area contributed by atoms with Gasteiger partial charge in [0.2, 0.25) is 0 Å². The highest BCUT2D eigenvalue weighted by Gasteiger charge is 2.15. The fourth-order valence-corrected chi connectivity index (χ4v) is 2.30. The molecule has 2 aromatic carbocycles. The molecule has 0 aliphatic heterocycles. The van der Waals surface area contributed by atoms with Crippen molar-refractivity contribution in [3.05, 3.63) is 71.3 Å². The number of carbonyl (C=O) groups excluding carboxylic acids is 1. The predicted molar refractivity (Wildman–Crippen MR) is 87.3 cm³/mol. The Hall–Kier alpha value is -2.17. The minimum absolute atomic E-state index is 0.128. The van der Waals surface area contributed by atoms with Gasteiger partial charge < -0.3 is 16.2 Å². The van der Waals surface area contributed by atoms with Gasteiger partial charge in [0, 0.05) is 18.2 Å². The maximum absolute atomic E-state index is 12.1. The molecule has 0 aliphatic rings. The van der Waals surface area contributed by atoms with E-state index in [1.807, 2.05) is 49.4 Å². The zero-order valence-electron chi connectivity index (χ0n) is 12.7. The van der Waals surface area contributed by atoms with Crippen LogP contribution in [0.15, 0.2) is 54.6 Å². The lowest BCUT2D eigenvalue weighted by Crippen LogP contribution is -2.33. The Morgan fingerprint density at radius 2 is 1.77 bits per heavy atom. The van der Waals surface area contributed by atoms with Gasteiger partial charge in [-0.1, -0.05) is 42.5 Å². The summed E-state index contributed by atoms with van der Waals surface area (Å²) in [5.41, 5.74) is 7.98. The smallest absolute Gasteiger partial charge is 0.251 e. The summed E-state index contributed by atoms with van der Waals surface area (Å²) >= 11 is 0. The van der Waals surface area contributed by atoms with Crippen LogP contribution < -0.4 is 11.1 Å². The zero-order chi connectivity index (χ0) is 15.9. The fourth-order valence-electron chi connectivity index (χ4n) is 2.30. The van der Waals surface area contributed by atoms with E-state index in [-0.39, 0.29) is 11.9 Å². The third-order valence-corrected chi connectivity index (χ3v) is 3.59. The van der Waals surface area contributed by atoms with Crippen LogP contribution in [0.5, 0.6) is 0 Å². The van der Waals surface area contributed by atoms with Crippen LogP contribution in [0.3, 0.4) is 0 Å². The molecule has 0 saturated heterocycles. The van der Waals surface area contributed by atoms with Crippen LogP contribution in [0.25, 0.3) is 0 Å². The highest BCUT2D eigenvalue weighted by molar-refractivity contribution is 5.94. The molecule has 116 valence electrons. The van der Waals surface area contributed by atoms with E-state index in [1.54, 1.807) is 12.1 Å². The summed E-state index contributed by atoms with van der Waals surface area (Å²) in [6, 6.07) is 16.5. The quantitative estimate of drug-likeness (QED) is 0.766. The van der Waals surface area contributed by atoms with Crippen molar-refractivity contribution in [3.63, 3.8) is 0 Å². The Morgan fingerprint density at radius 1 is 1.14 bits per heavy atom. The maximum Gasteiger partial charge on any atom is 0.251 e. The van der Waals surface area contributed by atoms with Crippen LogP contribution >= 0.6 is 0 Å². The third-order valence-electron chi connectivity index (χ3n) is 3.59. The van der Waals surface area contributed by atoms with E-state index in [4.69, 9.17) is 5.73 Å². The van der Waals surface area contributed by atoms with E-state index < -0.39 is 6.10 Å². The van der Waals surface area contributed by atoms with Crippen LogP contribution in [0, 0.1) is 0 Å². The number of rotatable bonds is 6. The molecule has 2 rings (SSSR count). The molecule has 4 N–H and O–H groups in total. The molecule has 0 radical (unpaired) electrons. The van der Waals surface area contributed by atoms with E-state index in [1.165, 1.54) is 0 Å². The molecule has 0 spiro atoms. The summed E-state index contributed by atoms with van der Waals surface area (Å²) in [6.45, 7) is 2.35. The van der Waals surface area contributed by atoms with Gasteiger partial charge in [-0.3, -0.25) is 4.79 Å². The number of benzene rings is 2. The lowest BCUT2D eigenvalue weighted by atomic mass is 10.0. The molecule has 2 atom stereocenters. The van der Waals surface area contributed by atoms with Crippen LogP contribution in [-0.4, -0.2) is 17.1 Å². The van der Waals surface area contributed by atoms with Crippen molar-refractivity contribution in [2.45, 2.75) is 32.0 Å². The molecule has 2 unspecified atom stereocenters. The summed E-state index contributed by atoms with van der Waals surface area (Å²) < 4.78 is 0. The van der Waals surface area contributed by atoms with Crippen LogP contribution in [-0.2, 0) is 6.54 Å². The lowest BCUT2D eigenvalue weighted by Gasteiger charge is -2.18. The lowest BCUT2D eigenvalue weighted by molar-refractivity contribution is 0.0917. The monoisotopic (exact) mass is 298 g/mol. The highest BCUT2D eigenvalue weighted by atomic mass is 16.3. The van der Waals surface area contributed by atoms with Crippen molar-refractivity contribution < 1.29 is 9.90 Å². The van der Waals surface area contributed by atoms with E-state index >= 15 is 0 Å². The number of carbonyl (C=O) groups is 1. The molecule has 0 saturated carbocycles. The van der Waals surface area contributed by atoms with Gasteiger partial charge in [0.1, 0.15) is 0 Å². The van der Waals surface area contributed by atoms with Crippen LogP contribution in [0.2, 0.25) is 0 Å². The molecule has 0 fully saturated rings. The Morgan fingerprint density at radius 3 is 2.36 bits per heavy atom. The van der Waals surface area contributed by atoms with Gasteiger partial charge in [0.05, 0.1) is 6.10 Å². The average Bonchev–Trinajstić information content (AvgIpc) is 2.55. The molecular formula is C18H22N2O2. The highest BCUT2D eigenvalue weighted by Crippen LogP contribution is 2.17. The van der Waals surface area contributed by atoms with Gasteiger partial charge >= 0.3 is 0 Å². The van der Waals surface area contributed by atoms with Crippen LogP contribution in [0.4, 0.5) is 0 Å². The van der Waals surface area contributed by atoms with Gasteiger partial charge in [-0.05, 0) is 36.6 Å². The van der Waals surface area contributed by atoms with Crippen molar-refractivity contribution in [3.8, 4) is 0 Å². The zero-order valence-corrected chi connectivity index (χ0v) is 12.7. The van der Waals surface area contributed by atoms with E-state index in [9.17, 15) is 9.90 Å². The van der Waals surface area contributed by atoms with Crippen molar-refractivity contribution in [1.82, 2.24) is 5.32 Å². The molecule has 0 heterocycles. The van der Waals surface area contributed by atoms with Gasteiger partial charge in [-0.15, -0.1) is 0 Å². The van der Waals surface area contributed by atoms with Crippen molar-refractivity contribution >= 4 is 5.91 Å². The van der Waals surface area contributed by atoms with Crippen molar-refractivity contribution in [1.29, 1.82) is 0 Å². The molecule has 0 aromatic heterocycles. The topological polar surface area (TPSA) is 75.3 Å². The number of nitrogens with one attached hydrogen (secondary N) is 1. The van der Waals surface area contributed by atoms with Gasteiger partial charge in [-0.2, -0.15) is 0 Å². The Balaban J connectivity index is 1.90. The molecule has 0 bridgehead atoms. The van der Waals surface area contributed by atoms with E-state index in [2.05, 4.69) is 5.32 Å². The summed E-state index contributed by atoms with van der Waals surface area (Å²) in [5, 5.41) is 13.1. The summed E-state index contributed by atoms with van der Waals surface area (Å²) in [5.74, 6) is -0.142. The molecule has 2 aromatic rings. The number of hydrogen-bond donors (Lipinski definition) is 3. The third kappa shape index (κ3) is 4.41. The Labute approximate surface area is 131 Å². The van der Waals surface area contributed by atoms with Crippen molar-refractivity contribution in [2.75, 3.05) is 0 Å². The first kappa shape index (κ1) is 16.2. The molecule has 22 heavy (non-hydrogen) atoms. The standard InChI is InChI=1S/C18H22N2O2/c1-13(11-17(21)15-5-3-2-4-6-15)20-18(22)16-9-7-14(12-19)8-10-16/h2-10,13,17,21H,11-12,19H2,1H3,(H,20,22). The van der Waals surface area contributed by atoms with Crippen molar-refractivity contribution in [2.24, 2.45) is 5.73 Å². The van der Waals surface area contributed by atoms with Gasteiger partial charge in [0.25, 0.3) is 5.91 Å². The first-order valence-electron chi connectivity index (χ1n) is 7.43. The molecule has 0 aliphatic carbocycles. The minimum atomic E-state index is -0.587. The Kier molecular flexibility index (Phi) is 5.69. The van der Waals surface area contributed by atoms with E-state index in [0.29, 0.717) is 18.5 Å². The molecule has 4 heteroatoms. The molecular weight excluding hydrogens is 276 g/mol. The average molecular weight is 298 g/mol. The second kappa shape index (κ2) is 7.73. The summed E-state index contributed by atoms with van der Waals surface area (Å²) in [4.78, 5) is 12.1. The largest absolute Gasteiger partial charge is 0.388 e. The maximum atomic E-state index is 12.1. The molecule has 4 nitrogen and oxygen atoms in total. The Bertz CT molecular complexity index is 596. The van der Waals surface area contributed by atoms with E-state index in [0.717, 1.165) is 11.1 Å². The number of aliphatic hydroxyl groups is 1. The number of amides is 1. The summed E-state index contributed by atoms with van der Waals surface area (Å²) in [7, 11) is 0. The normalized spacial score (nSPS) is 13.4. The SMILES string of the molecule is CC(CC(O)c1ccccc1)NC(=O)c1ccc(CN)cc1. The number of hydrogen-bond acceptors (Lipinski definition) is 3. The predicted octanol–water partition coefficient (Wildman–Crippen LogP) is 2.39. The first-order valence-corrected chi connectivity index (χ1v) is 7.43. The van der Waals surface area contributed by atoms with Gasteiger partial charge in [-0.25, -0.2) is 0 Å². The van der Waals surface area contributed by atoms with Crippen LogP contribution in [0.1, 0.15) is 40.9 Å². The minimum Gasteiger partial charge on any atom is -0.388 e. The second-order valence-corrected chi connectivity index (χ2v) is 5.44. The number of nitrogens with two attached hydrogens (primary N) is 1. The second-order valence-electron chi connectivity index (χ2n) is 5.44.